The van der Waals surface area contributed by atoms with Gasteiger partial charge in [0.1, 0.15) is 5.75 Å². The summed E-state index contributed by atoms with van der Waals surface area (Å²) in [5.74, 6) is 1.46. The van der Waals surface area contributed by atoms with Gasteiger partial charge in [0.25, 0.3) is 0 Å². The van der Waals surface area contributed by atoms with Crippen molar-refractivity contribution >= 4 is 0 Å². The smallest absolute Gasteiger partial charge is 0.119 e. The van der Waals surface area contributed by atoms with Gasteiger partial charge >= 0.3 is 0 Å². The second kappa shape index (κ2) is 7.28. The first-order valence-electron chi connectivity index (χ1n) is 7.63. The monoisotopic (exact) mass is 283 g/mol. The van der Waals surface area contributed by atoms with Crippen LogP contribution >= 0.6 is 0 Å². The Hall–Kier alpha value is -1.80. The molecule has 0 saturated heterocycles. The zero-order chi connectivity index (χ0) is 15.2. The van der Waals surface area contributed by atoms with Crippen molar-refractivity contribution in [3.63, 3.8) is 0 Å². The van der Waals surface area contributed by atoms with Gasteiger partial charge in [-0.1, -0.05) is 57.2 Å². The van der Waals surface area contributed by atoms with E-state index < -0.39 is 0 Å². The van der Waals surface area contributed by atoms with Crippen molar-refractivity contribution in [1.82, 2.24) is 5.32 Å². The zero-order valence-electron chi connectivity index (χ0n) is 13.4. The van der Waals surface area contributed by atoms with Crippen molar-refractivity contribution in [3.8, 4) is 5.75 Å². The van der Waals surface area contributed by atoms with Crippen molar-refractivity contribution in [3.05, 3.63) is 65.2 Å². The molecule has 0 fully saturated rings. The van der Waals surface area contributed by atoms with Crippen LogP contribution in [0.4, 0.5) is 0 Å². The van der Waals surface area contributed by atoms with Crippen LogP contribution < -0.4 is 10.1 Å². The second-order valence-corrected chi connectivity index (χ2v) is 5.59. The minimum Gasteiger partial charge on any atom is -0.497 e. The lowest BCUT2D eigenvalue weighted by Crippen LogP contribution is -2.22. The lowest BCUT2D eigenvalue weighted by atomic mass is 9.95. The van der Waals surface area contributed by atoms with Crippen LogP contribution in [0.25, 0.3) is 0 Å². The minimum absolute atomic E-state index is 0.200. The molecule has 0 aliphatic carbocycles. The number of hydrogen-bond donors (Lipinski definition) is 1. The van der Waals surface area contributed by atoms with Crippen LogP contribution in [0.3, 0.4) is 0 Å². The third kappa shape index (κ3) is 3.85. The molecule has 2 aromatic carbocycles. The molecule has 2 aromatic rings. The maximum absolute atomic E-state index is 5.34. The van der Waals surface area contributed by atoms with E-state index in [2.05, 4.69) is 62.5 Å². The number of methoxy groups -OCH3 is 1. The summed E-state index contributed by atoms with van der Waals surface area (Å²) in [7, 11) is 1.71. The SMILES string of the molecule is CCNC(c1ccc(C(C)C)cc1)c1cccc(OC)c1. The number of hydrogen-bond acceptors (Lipinski definition) is 2. The van der Waals surface area contributed by atoms with Gasteiger partial charge in [-0.2, -0.15) is 0 Å². The lowest BCUT2D eigenvalue weighted by Gasteiger charge is -2.20. The van der Waals surface area contributed by atoms with Crippen LogP contribution in [0.5, 0.6) is 5.75 Å². The maximum atomic E-state index is 5.34. The van der Waals surface area contributed by atoms with E-state index in [1.54, 1.807) is 7.11 Å². The first-order valence-corrected chi connectivity index (χ1v) is 7.63. The Labute approximate surface area is 128 Å². The summed E-state index contributed by atoms with van der Waals surface area (Å²) in [4.78, 5) is 0. The standard InChI is InChI=1S/C19H25NO/c1-5-20-19(17-7-6-8-18(13-17)21-4)16-11-9-15(10-12-16)14(2)3/h6-14,19-20H,5H2,1-4H3. The summed E-state index contributed by atoms with van der Waals surface area (Å²) >= 11 is 0. The predicted molar refractivity (Wildman–Crippen MR) is 89.0 cm³/mol. The Bertz CT molecular complexity index is 560. The molecule has 0 aromatic heterocycles. The second-order valence-electron chi connectivity index (χ2n) is 5.59. The van der Waals surface area contributed by atoms with E-state index in [0.717, 1.165) is 12.3 Å². The van der Waals surface area contributed by atoms with Gasteiger partial charge in [-0.05, 0) is 41.3 Å². The highest BCUT2D eigenvalue weighted by Gasteiger charge is 2.13. The van der Waals surface area contributed by atoms with E-state index in [-0.39, 0.29) is 6.04 Å². The van der Waals surface area contributed by atoms with Crippen LogP contribution in [-0.2, 0) is 0 Å². The third-order valence-corrected chi connectivity index (χ3v) is 3.77. The Kier molecular flexibility index (Phi) is 5.40. The molecule has 1 unspecified atom stereocenters. The molecular weight excluding hydrogens is 258 g/mol. The Balaban J connectivity index is 2.33. The van der Waals surface area contributed by atoms with E-state index in [4.69, 9.17) is 4.74 Å². The fourth-order valence-electron chi connectivity index (χ4n) is 2.53. The highest BCUT2D eigenvalue weighted by atomic mass is 16.5. The van der Waals surface area contributed by atoms with E-state index in [0.29, 0.717) is 5.92 Å². The molecule has 0 heterocycles. The summed E-state index contributed by atoms with van der Waals surface area (Å²) in [6.45, 7) is 7.50. The molecule has 0 amide bonds. The van der Waals surface area contributed by atoms with Gasteiger partial charge in [0, 0.05) is 0 Å². The van der Waals surface area contributed by atoms with Gasteiger partial charge in [0.15, 0.2) is 0 Å². The topological polar surface area (TPSA) is 21.3 Å². The summed E-state index contributed by atoms with van der Waals surface area (Å²) in [6, 6.07) is 17.4. The van der Waals surface area contributed by atoms with Crippen molar-refractivity contribution in [2.75, 3.05) is 13.7 Å². The minimum atomic E-state index is 0.200. The van der Waals surface area contributed by atoms with E-state index in [1.165, 1.54) is 16.7 Å². The maximum Gasteiger partial charge on any atom is 0.119 e. The van der Waals surface area contributed by atoms with E-state index in [9.17, 15) is 0 Å². The van der Waals surface area contributed by atoms with Gasteiger partial charge in [-0.25, -0.2) is 0 Å². The molecule has 1 N–H and O–H groups in total. The molecule has 0 saturated carbocycles. The predicted octanol–water partition coefficient (Wildman–Crippen LogP) is 4.52. The van der Waals surface area contributed by atoms with Crippen molar-refractivity contribution in [2.24, 2.45) is 0 Å². The quantitative estimate of drug-likeness (QED) is 0.841. The van der Waals surface area contributed by atoms with Crippen molar-refractivity contribution in [1.29, 1.82) is 0 Å². The average molecular weight is 283 g/mol. The fraction of sp³-hybridized carbons (Fsp3) is 0.368. The summed E-state index contributed by atoms with van der Waals surface area (Å²) in [6.07, 6.45) is 0. The number of ether oxygens (including phenoxy) is 1. The van der Waals surface area contributed by atoms with Crippen molar-refractivity contribution < 1.29 is 4.74 Å². The first kappa shape index (κ1) is 15.6. The van der Waals surface area contributed by atoms with Crippen LogP contribution in [-0.4, -0.2) is 13.7 Å². The molecule has 2 rings (SSSR count). The van der Waals surface area contributed by atoms with E-state index >= 15 is 0 Å². The van der Waals surface area contributed by atoms with Crippen LogP contribution in [0.1, 0.15) is 49.4 Å². The number of rotatable bonds is 6. The average Bonchev–Trinajstić information content (AvgIpc) is 2.52. The fourth-order valence-corrected chi connectivity index (χ4v) is 2.53. The molecular formula is C19H25NO. The number of benzene rings is 2. The van der Waals surface area contributed by atoms with Gasteiger partial charge in [-0.3, -0.25) is 0 Å². The first-order chi connectivity index (χ1) is 10.2. The molecule has 0 radical (unpaired) electrons. The van der Waals surface area contributed by atoms with Crippen LogP contribution in [0.15, 0.2) is 48.5 Å². The summed E-state index contributed by atoms with van der Waals surface area (Å²) in [5.41, 5.74) is 3.89. The lowest BCUT2D eigenvalue weighted by molar-refractivity contribution is 0.413. The normalized spacial score (nSPS) is 12.4. The van der Waals surface area contributed by atoms with Gasteiger partial charge in [0.2, 0.25) is 0 Å². The molecule has 0 aliphatic rings. The van der Waals surface area contributed by atoms with Gasteiger partial charge < -0.3 is 10.1 Å². The van der Waals surface area contributed by atoms with Gasteiger partial charge in [0.05, 0.1) is 13.2 Å². The summed E-state index contributed by atoms with van der Waals surface area (Å²) < 4.78 is 5.34. The molecule has 2 nitrogen and oxygen atoms in total. The molecule has 2 heteroatoms. The molecule has 112 valence electrons. The zero-order valence-corrected chi connectivity index (χ0v) is 13.4. The highest BCUT2D eigenvalue weighted by Crippen LogP contribution is 2.26. The van der Waals surface area contributed by atoms with E-state index in [1.807, 2.05) is 12.1 Å². The molecule has 0 bridgehead atoms. The van der Waals surface area contributed by atoms with Crippen LogP contribution in [0.2, 0.25) is 0 Å². The molecule has 21 heavy (non-hydrogen) atoms. The summed E-state index contributed by atoms with van der Waals surface area (Å²) in [5, 5.41) is 3.56. The third-order valence-electron chi connectivity index (χ3n) is 3.77. The highest BCUT2D eigenvalue weighted by molar-refractivity contribution is 5.38. The largest absolute Gasteiger partial charge is 0.497 e. The molecule has 0 aliphatic heterocycles. The number of nitrogens with one attached hydrogen (secondary N) is 1. The van der Waals surface area contributed by atoms with Gasteiger partial charge in [-0.15, -0.1) is 0 Å². The Morgan fingerprint density at radius 1 is 0.952 bits per heavy atom. The van der Waals surface area contributed by atoms with Crippen molar-refractivity contribution in [2.45, 2.75) is 32.7 Å². The Morgan fingerprint density at radius 2 is 1.62 bits per heavy atom. The Morgan fingerprint density at radius 3 is 2.19 bits per heavy atom. The molecule has 1 atom stereocenters. The van der Waals surface area contributed by atoms with Crippen LogP contribution in [0, 0.1) is 0 Å². The molecule has 0 spiro atoms.